The largest absolute Gasteiger partial charge is 0.319 e. The zero-order valence-electron chi connectivity index (χ0n) is 8.29. The molecule has 1 saturated carbocycles. The third kappa shape index (κ3) is 2.02. The Morgan fingerprint density at radius 2 is 2.21 bits per heavy atom. The number of thiazole rings is 1. The van der Waals surface area contributed by atoms with Crippen molar-refractivity contribution in [3.8, 4) is 0 Å². The molecule has 1 aromatic heterocycles. The van der Waals surface area contributed by atoms with Crippen LogP contribution in [0.5, 0.6) is 0 Å². The third-order valence-corrected chi connectivity index (χ3v) is 4.77. The van der Waals surface area contributed by atoms with Gasteiger partial charge in [0.25, 0.3) is 0 Å². The van der Waals surface area contributed by atoms with Crippen molar-refractivity contribution in [3.05, 3.63) is 15.0 Å². The van der Waals surface area contributed by atoms with Crippen LogP contribution in [0, 0.1) is 5.92 Å². The molecule has 0 spiro atoms. The second-order valence-corrected chi connectivity index (χ2v) is 6.72. The van der Waals surface area contributed by atoms with E-state index in [0.29, 0.717) is 0 Å². The second kappa shape index (κ2) is 3.91. The van der Waals surface area contributed by atoms with Crippen LogP contribution in [0.15, 0.2) is 9.98 Å². The maximum Gasteiger partial charge on any atom is 0.114 e. The van der Waals surface area contributed by atoms with Crippen LogP contribution in [0.1, 0.15) is 37.6 Å². The predicted octanol–water partition coefficient (Wildman–Crippen LogP) is 3.27. The summed E-state index contributed by atoms with van der Waals surface area (Å²) in [5.41, 5.74) is 6.23. The molecule has 14 heavy (non-hydrogen) atoms. The Hall–Kier alpha value is 0.0700. The van der Waals surface area contributed by atoms with Gasteiger partial charge in [-0.05, 0) is 47.5 Å². The molecule has 0 unspecified atom stereocenters. The molecule has 0 radical (unpaired) electrons. The monoisotopic (exact) mass is 274 g/mol. The molecule has 0 aromatic carbocycles. The van der Waals surface area contributed by atoms with Crippen molar-refractivity contribution >= 4 is 27.3 Å². The van der Waals surface area contributed by atoms with E-state index in [1.54, 1.807) is 11.3 Å². The highest BCUT2D eigenvalue weighted by molar-refractivity contribution is 9.11. The van der Waals surface area contributed by atoms with Gasteiger partial charge in [0.05, 0.1) is 15.5 Å². The molecule has 1 fully saturated rings. The van der Waals surface area contributed by atoms with Gasteiger partial charge in [-0.25, -0.2) is 4.98 Å². The first-order valence-electron chi connectivity index (χ1n) is 5.01. The van der Waals surface area contributed by atoms with Crippen LogP contribution in [-0.2, 0) is 5.54 Å². The number of nitrogens with two attached hydrogens (primary N) is 1. The summed E-state index contributed by atoms with van der Waals surface area (Å²) in [6.07, 6.45) is 6.47. The van der Waals surface area contributed by atoms with E-state index in [1.165, 1.54) is 12.8 Å². The van der Waals surface area contributed by atoms with Crippen LogP contribution >= 0.6 is 27.3 Å². The number of hydrogen-bond acceptors (Lipinski definition) is 3. The number of halogens is 1. The fourth-order valence-electron chi connectivity index (χ4n) is 1.98. The summed E-state index contributed by atoms with van der Waals surface area (Å²) in [5, 5.41) is 1.09. The van der Waals surface area contributed by atoms with Gasteiger partial charge in [-0.15, -0.1) is 11.3 Å². The zero-order chi connectivity index (χ0) is 10.2. The molecule has 0 amide bonds. The van der Waals surface area contributed by atoms with Crippen LogP contribution in [-0.4, -0.2) is 4.98 Å². The van der Waals surface area contributed by atoms with Gasteiger partial charge >= 0.3 is 0 Å². The van der Waals surface area contributed by atoms with Crippen LogP contribution in [0.25, 0.3) is 0 Å². The first kappa shape index (κ1) is 10.6. The third-order valence-electron chi connectivity index (χ3n) is 3.07. The number of hydrogen-bond donors (Lipinski definition) is 1. The highest BCUT2D eigenvalue weighted by Gasteiger charge is 2.34. The van der Waals surface area contributed by atoms with Gasteiger partial charge in [0.2, 0.25) is 0 Å². The molecule has 4 heteroatoms. The smallest absolute Gasteiger partial charge is 0.114 e. The highest BCUT2D eigenvalue weighted by atomic mass is 79.9. The number of aromatic nitrogens is 1. The van der Waals surface area contributed by atoms with E-state index in [0.717, 1.165) is 27.6 Å². The Balaban J connectivity index is 2.16. The zero-order valence-corrected chi connectivity index (χ0v) is 10.7. The summed E-state index contributed by atoms with van der Waals surface area (Å²) in [6.45, 7) is 2.30. The Morgan fingerprint density at radius 1 is 1.57 bits per heavy atom. The van der Waals surface area contributed by atoms with E-state index in [9.17, 15) is 0 Å². The molecule has 0 atom stereocenters. The van der Waals surface area contributed by atoms with Crippen molar-refractivity contribution in [1.29, 1.82) is 0 Å². The maximum atomic E-state index is 6.38. The normalized spacial score (nSPS) is 33.2. The average Bonchev–Trinajstić information content (AvgIpc) is 2.58. The van der Waals surface area contributed by atoms with Crippen molar-refractivity contribution in [1.82, 2.24) is 4.98 Å². The molecular formula is C10H15BrN2S. The van der Waals surface area contributed by atoms with Gasteiger partial charge < -0.3 is 5.73 Å². The summed E-state index contributed by atoms with van der Waals surface area (Å²) in [4.78, 5) is 4.38. The molecule has 2 rings (SSSR count). The molecule has 1 aliphatic carbocycles. The fraction of sp³-hybridized carbons (Fsp3) is 0.700. The van der Waals surface area contributed by atoms with Gasteiger partial charge in [0, 0.05) is 0 Å². The average molecular weight is 275 g/mol. The lowest BCUT2D eigenvalue weighted by Crippen LogP contribution is -2.39. The van der Waals surface area contributed by atoms with E-state index in [-0.39, 0.29) is 5.54 Å². The van der Waals surface area contributed by atoms with Crippen LogP contribution in [0.2, 0.25) is 0 Å². The van der Waals surface area contributed by atoms with Crippen LogP contribution in [0.3, 0.4) is 0 Å². The molecule has 0 bridgehead atoms. The van der Waals surface area contributed by atoms with E-state index < -0.39 is 0 Å². The van der Waals surface area contributed by atoms with Gasteiger partial charge in [0.15, 0.2) is 0 Å². The Labute approximate surface area is 97.0 Å². The SMILES string of the molecule is CC1CCC(N)(c2ncc(Br)s2)CC1. The first-order chi connectivity index (χ1) is 6.60. The van der Waals surface area contributed by atoms with Gasteiger partial charge in [-0.1, -0.05) is 6.92 Å². The van der Waals surface area contributed by atoms with Gasteiger partial charge in [0.1, 0.15) is 5.01 Å². The summed E-state index contributed by atoms with van der Waals surface area (Å²) in [5.74, 6) is 0.829. The first-order valence-corrected chi connectivity index (χ1v) is 6.62. The van der Waals surface area contributed by atoms with Crippen molar-refractivity contribution < 1.29 is 0 Å². The van der Waals surface area contributed by atoms with Crippen molar-refractivity contribution in [2.75, 3.05) is 0 Å². The minimum absolute atomic E-state index is 0.150. The Morgan fingerprint density at radius 3 is 2.71 bits per heavy atom. The molecule has 2 nitrogen and oxygen atoms in total. The molecule has 0 saturated heterocycles. The van der Waals surface area contributed by atoms with E-state index >= 15 is 0 Å². The van der Waals surface area contributed by atoms with Crippen LogP contribution in [0.4, 0.5) is 0 Å². The lowest BCUT2D eigenvalue weighted by molar-refractivity contribution is 0.247. The second-order valence-electron chi connectivity index (χ2n) is 4.31. The van der Waals surface area contributed by atoms with Gasteiger partial charge in [-0.2, -0.15) is 0 Å². The Kier molecular flexibility index (Phi) is 2.96. The highest BCUT2D eigenvalue weighted by Crippen LogP contribution is 2.39. The topological polar surface area (TPSA) is 38.9 Å². The number of rotatable bonds is 1. The summed E-state index contributed by atoms with van der Waals surface area (Å²) in [6, 6.07) is 0. The Bertz CT molecular complexity index is 316. The predicted molar refractivity (Wildman–Crippen MR) is 63.3 cm³/mol. The van der Waals surface area contributed by atoms with E-state index in [4.69, 9.17) is 5.73 Å². The minimum atomic E-state index is -0.150. The lowest BCUT2D eigenvalue weighted by Gasteiger charge is -2.34. The van der Waals surface area contributed by atoms with Crippen LogP contribution < -0.4 is 5.73 Å². The molecule has 1 aromatic rings. The molecule has 2 N–H and O–H groups in total. The molecule has 0 aliphatic heterocycles. The van der Waals surface area contributed by atoms with Crippen molar-refractivity contribution in [3.63, 3.8) is 0 Å². The molecular weight excluding hydrogens is 260 g/mol. The van der Waals surface area contributed by atoms with Crippen molar-refractivity contribution in [2.24, 2.45) is 11.7 Å². The van der Waals surface area contributed by atoms with Crippen molar-refractivity contribution in [2.45, 2.75) is 38.1 Å². The van der Waals surface area contributed by atoms with E-state index in [2.05, 4.69) is 27.8 Å². The quantitative estimate of drug-likeness (QED) is 0.854. The fourth-order valence-corrected chi connectivity index (χ4v) is 3.34. The van der Waals surface area contributed by atoms with Gasteiger partial charge in [-0.3, -0.25) is 0 Å². The summed E-state index contributed by atoms with van der Waals surface area (Å²) in [7, 11) is 0. The summed E-state index contributed by atoms with van der Waals surface area (Å²) < 4.78 is 1.08. The van der Waals surface area contributed by atoms with E-state index in [1.807, 2.05) is 6.20 Å². The molecule has 78 valence electrons. The molecule has 1 aliphatic rings. The standard InChI is InChI=1S/C10H15BrN2S/c1-7-2-4-10(12,5-3-7)9-13-6-8(11)14-9/h6-7H,2-5,12H2,1H3. The maximum absolute atomic E-state index is 6.38. The molecule has 1 heterocycles. The minimum Gasteiger partial charge on any atom is -0.319 e. The summed E-state index contributed by atoms with van der Waals surface area (Å²) >= 11 is 5.11. The lowest BCUT2D eigenvalue weighted by atomic mass is 9.78. The number of nitrogens with zero attached hydrogens (tertiary/aromatic N) is 1.